The van der Waals surface area contributed by atoms with Gasteiger partial charge in [0.05, 0.1) is 0 Å². The molecule has 0 saturated carbocycles. The van der Waals surface area contributed by atoms with E-state index in [1.165, 1.54) is 0 Å². The number of nitrogens with zero attached hydrogens (tertiary/aromatic N) is 1. The molecular formula is C13H19N3OS. The standard InChI is InChI=1S/C13H15N3OS.2H2/c1-2-14-12(17)11-8-9-18-13(16-11)15-10-6-4-3-5-7-10;;/h3-8H,2,9H2,1H3,(H,14,17)(H,15,16);2*1H. The topological polar surface area (TPSA) is 53.5 Å². The minimum Gasteiger partial charge on any atom is -0.351 e. The van der Waals surface area contributed by atoms with Gasteiger partial charge >= 0.3 is 0 Å². The molecule has 1 heterocycles. The first-order valence-corrected chi connectivity index (χ1v) is 6.80. The molecular weight excluding hydrogens is 246 g/mol. The molecule has 0 saturated heterocycles. The lowest BCUT2D eigenvalue weighted by atomic mass is 10.3. The second-order valence-electron chi connectivity index (χ2n) is 3.67. The van der Waals surface area contributed by atoms with Crippen LogP contribution in [0.4, 0.5) is 5.69 Å². The number of amidine groups is 1. The van der Waals surface area contributed by atoms with Crippen molar-refractivity contribution in [3.63, 3.8) is 0 Å². The Balaban J connectivity index is 0.00000180. The number of thioether (sulfide) groups is 1. The molecule has 0 aliphatic carbocycles. The maximum Gasteiger partial charge on any atom is 0.269 e. The predicted molar refractivity (Wildman–Crippen MR) is 81.0 cm³/mol. The molecule has 5 heteroatoms. The van der Waals surface area contributed by atoms with Gasteiger partial charge < -0.3 is 10.6 Å². The third-order valence-corrected chi connectivity index (χ3v) is 3.11. The first-order chi connectivity index (χ1) is 8.79. The van der Waals surface area contributed by atoms with Crippen molar-refractivity contribution in [2.24, 2.45) is 4.99 Å². The number of carbonyl (C=O) groups excluding carboxylic acids is 1. The Hall–Kier alpha value is -1.75. The summed E-state index contributed by atoms with van der Waals surface area (Å²) in [6, 6.07) is 9.80. The Labute approximate surface area is 114 Å². The van der Waals surface area contributed by atoms with Crippen molar-refractivity contribution < 1.29 is 7.65 Å². The average Bonchev–Trinajstić information content (AvgIpc) is 2.40. The normalized spacial score (nSPS) is 14.5. The molecule has 0 fully saturated rings. The molecule has 1 aliphatic rings. The number of hydrogen-bond donors (Lipinski definition) is 2. The molecule has 1 aromatic rings. The molecule has 0 aromatic heterocycles. The maximum atomic E-state index is 11.7. The molecule has 2 N–H and O–H groups in total. The van der Waals surface area contributed by atoms with Gasteiger partial charge in [0, 0.05) is 20.8 Å². The second kappa shape index (κ2) is 6.26. The van der Waals surface area contributed by atoms with Crippen LogP contribution in [0.5, 0.6) is 0 Å². The van der Waals surface area contributed by atoms with E-state index < -0.39 is 0 Å². The van der Waals surface area contributed by atoms with Crippen LogP contribution in [0.3, 0.4) is 0 Å². The monoisotopic (exact) mass is 265 g/mol. The number of aliphatic imine (C=N–C) groups is 1. The van der Waals surface area contributed by atoms with Crippen molar-refractivity contribution in [1.82, 2.24) is 5.32 Å². The van der Waals surface area contributed by atoms with Gasteiger partial charge in [-0.2, -0.15) is 0 Å². The number of carbonyl (C=O) groups is 1. The van der Waals surface area contributed by atoms with Gasteiger partial charge in [0.15, 0.2) is 5.17 Å². The molecule has 0 radical (unpaired) electrons. The Kier molecular flexibility index (Phi) is 4.41. The zero-order chi connectivity index (χ0) is 12.8. The van der Waals surface area contributed by atoms with E-state index in [-0.39, 0.29) is 8.76 Å². The van der Waals surface area contributed by atoms with E-state index in [4.69, 9.17) is 0 Å². The van der Waals surface area contributed by atoms with E-state index >= 15 is 0 Å². The predicted octanol–water partition coefficient (Wildman–Crippen LogP) is 2.71. The van der Waals surface area contributed by atoms with E-state index in [1.54, 1.807) is 11.8 Å². The number of benzene rings is 1. The molecule has 98 valence electrons. The van der Waals surface area contributed by atoms with Crippen LogP contribution in [-0.2, 0) is 4.79 Å². The van der Waals surface area contributed by atoms with Crippen LogP contribution >= 0.6 is 11.8 Å². The highest BCUT2D eigenvalue weighted by atomic mass is 32.2. The lowest BCUT2D eigenvalue weighted by Gasteiger charge is -2.13. The summed E-state index contributed by atoms with van der Waals surface area (Å²) in [6.07, 6.45) is 1.84. The Morgan fingerprint density at radius 2 is 2.22 bits per heavy atom. The highest BCUT2D eigenvalue weighted by molar-refractivity contribution is 8.14. The van der Waals surface area contributed by atoms with Gasteiger partial charge in [-0.3, -0.25) is 4.79 Å². The van der Waals surface area contributed by atoms with Crippen LogP contribution in [0.25, 0.3) is 0 Å². The molecule has 2 rings (SSSR count). The summed E-state index contributed by atoms with van der Waals surface area (Å²) < 4.78 is 0. The number of anilines is 1. The van der Waals surface area contributed by atoms with Gasteiger partial charge in [0.1, 0.15) is 5.70 Å². The number of hydrogen-bond acceptors (Lipinski definition) is 4. The summed E-state index contributed by atoms with van der Waals surface area (Å²) in [7, 11) is 0. The van der Waals surface area contributed by atoms with E-state index in [0.717, 1.165) is 16.6 Å². The SMILES string of the molecule is CCNC(=O)C1=CCSC(Nc2ccccc2)=N1.[HH].[HH]. The first-order valence-electron chi connectivity index (χ1n) is 5.81. The van der Waals surface area contributed by atoms with Crippen molar-refractivity contribution in [2.75, 3.05) is 17.6 Å². The number of amides is 1. The van der Waals surface area contributed by atoms with Gasteiger partial charge in [0.2, 0.25) is 0 Å². The molecule has 18 heavy (non-hydrogen) atoms. The number of rotatable bonds is 3. The van der Waals surface area contributed by atoms with Crippen LogP contribution in [0.2, 0.25) is 0 Å². The van der Waals surface area contributed by atoms with Gasteiger partial charge in [-0.15, -0.1) is 0 Å². The quantitative estimate of drug-likeness (QED) is 0.883. The average molecular weight is 265 g/mol. The maximum absolute atomic E-state index is 11.7. The summed E-state index contributed by atoms with van der Waals surface area (Å²) in [5.74, 6) is 0.635. The van der Waals surface area contributed by atoms with Gasteiger partial charge in [0.25, 0.3) is 5.91 Å². The van der Waals surface area contributed by atoms with E-state index in [9.17, 15) is 4.79 Å². The molecule has 0 bridgehead atoms. The fraction of sp³-hybridized carbons (Fsp3) is 0.231. The minimum atomic E-state index is -0.120. The highest BCUT2D eigenvalue weighted by Crippen LogP contribution is 2.18. The minimum absolute atomic E-state index is 0. The van der Waals surface area contributed by atoms with Crippen molar-refractivity contribution in [2.45, 2.75) is 6.92 Å². The van der Waals surface area contributed by atoms with E-state index in [2.05, 4.69) is 15.6 Å². The third-order valence-electron chi connectivity index (χ3n) is 2.31. The van der Waals surface area contributed by atoms with Crippen molar-refractivity contribution in [3.8, 4) is 0 Å². The smallest absolute Gasteiger partial charge is 0.269 e. The van der Waals surface area contributed by atoms with Gasteiger partial charge in [-0.05, 0) is 25.1 Å². The number of nitrogens with one attached hydrogen (secondary N) is 2. The molecule has 4 nitrogen and oxygen atoms in total. The van der Waals surface area contributed by atoms with Crippen LogP contribution in [-0.4, -0.2) is 23.4 Å². The fourth-order valence-corrected chi connectivity index (χ4v) is 2.24. The lowest BCUT2D eigenvalue weighted by molar-refractivity contribution is -0.117. The second-order valence-corrected chi connectivity index (χ2v) is 4.68. The van der Waals surface area contributed by atoms with E-state index in [1.807, 2.05) is 43.3 Å². The Morgan fingerprint density at radius 3 is 2.94 bits per heavy atom. The number of likely N-dealkylation sites (N-methyl/N-ethyl adjacent to an activating group) is 1. The van der Waals surface area contributed by atoms with Crippen LogP contribution in [0.1, 0.15) is 9.78 Å². The summed E-state index contributed by atoms with van der Waals surface area (Å²) in [5.41, 5.74) is 1.45. The summed E-state index contributed by atoms with van der Waals surface area (Å²) in [5, 5.41) is 6.70. The first kappa shape index (κ1) is 12.7. The van der Waals surface area contributed by atoms with Crippen LogP contribution in [0.15, 0.2) is 47.1 Å². The zero-order valence-electron chi connectivity index (χ0n) is 10.1. The molecule has 0 spiro atoms. The molecule has 0 atom stereocenters. The summed E-state index contributed by atoms with van der Waals surface area (Å²) in [4.78, 5) is 16.0. The Morgan fingerprint density at radius 1 is 1.44 bits per heavy atom. The Bertz CT molecular complexity index is 492. The highest BCUT2D eigenvalue weighted by Gasteiger charge is 2.13. The number of para-hydroxylation sites is 1. The summed E-state index contributed by atoms with van der Waals surface area (Å²) in [6.45, 7) is 2.50. The molecule has 1 amide bonds. The van der Waals surface area contributed by atoms with Gasteiger partial charge in [-0.1, -0.05) is 30.0 Å². The fourth-order valence-electron chi connectivity index (χ4n) is 1.49. The van der Waals surface area contributed by atoms with Crippen LogP contribution in [0, 0.1) is 0 Å². The van der Waals surface area contributed by atoms with E-state index in [0.29, 0.717) is 12.2 Å². The van der Waals surface area contributed by atoms with Crippen molar-refractivity contribution in [3.05, 3.63) is 42.1 Å². The summed E-state index contributed by atoms with van der Waals surface area (Å²) >= 11 is 1.58. The molecule has 1 aromatic carbocycles. The molecule has 0 unspecified atom stereocenters. The largest absolute Gasteiger partial charge is 0.351 e. The van der Waals surface area contributed by atoms with Crippen molar-refractivity contribution >= 4 is 28.5 Å². The van der Waals surface area contributed by atoms with Crippen LogP contribution < -0.4 is 10.6 Å². The third kappa shape index (κ3) is 3.37. The zero-order valence-corrected chi connectivity index (χ0v) is 11.0. The van der Waals surface area contributed by atoms with Gasteiger partial charge in [-0.25, -0.2) is 4.99 Å². The van der Waals surface area contributed by atoms with Crippen molar-refractivity contribution in [1.29, 1.82) is 0 Å². The lowest BCUT2D eigenvalue weighted by Crippen LogP contribution is -2.26. The molecule has 1 aliphatic heterocycles.